The van der Waals surface area contributed by atoms with E-state index in [2.05, 4.69) is 15.6 Å². The Balaban J connectivity index is 0.000000568. The first kappa shape index (κ1) is 29.7. The van der Waals surface area contributed by atoms with Gasteiger partial charge in [0.05, 0.1) is 0 Å². The minimum absolute atomic E-state index is 0. The Morgan fingerprint density at radius 2 is 2.00 bits per heavy atom. The number of hydrogen-bond donors (Lipinski definition) is 3. The number of benzene rings is 1. The second-order valence-electron chi connectivity index (χ2n) is 9.32. The summed E-state index contributed by atoms with van der Waals surface area (Å²) in [5.74, 6) is 0.699. The summed E-state index contributed by atoms with van der Waals surface area (Å²) < 4.78 is 26.4. The van der Waals surface area contributed by atoms with E-state index >= 15 is 0 Å². The zero-order chi connectivity index (χ0) is 26.6. The van der Waals surface area contributed by atoms with E-state index in [9.17, 15) is 18.4 Å². The maximum atomic E-state index is 11.4. The molecule has 0 bridgehead atoms. The van der Waals surface area contributed by atoms with E-state index in [0.717, 1.165) is 51.1 Å². The zero-order valence-corrected chi connectivity index (χ0v) is 22.7. The number of nitrogens with one attached hydrogen (secondary N) is 2. The summed E-state index contributed by atoms with van der Waals surface area (Å²) in [5, 5.41) is 8.59. The highest BCUT2D eigenvalue weighted by atomic mass is 32.2. The zero-order valence-electron chi connectivity index (χ0n) is 21.0. The number of hydrogen-bond acceptors (Lipinski definition) is 9. The SMILES string of the molecule is CC(C)(C)OC(=O)NCC1CCNCC1.Nc1nccs1.O=C1CCCN1c1ccc(S(=O)[O-])cc1.[HH].[HH]. The van der Waals surface area contributed by atoms with Crippen LogP contribution in [0.4, 0.5) is 15.6 Å². The molecule has 4 N–H and O–H groups in total. The number of nitrogen functional groups attached to an aromatic ring is 1. The molecule has 2 saturated heterocycles. The number of carbonyl (C=O) groups is 2. The third-order valence-electron chi connectivity index (χ3n) is 5.26. The van der Waals surface area contributed by atoms with Gasteiger partial charge in [-0.3, -0.25) is 9.00 Å². The summed E-state index contributed by atoms with van der Waals surface area (Å²) in [5.41, 5.74) is 5.55. The van der Waals surface area contributed by atoms with E-state index in [1.54, 1.807) is 23.2 Å². The number of carbonyl (C=O) groups excluding carboxylic acids is 2. The van der Waals surface area contributed by atoms with Gasteiger partial charge in [-0.1, -0.05) is 0 Å². The van der Waals surface area contributed by atoms with Gasteiger partial charge >= 0.3 is 6.09 Å². The van der Waals surface area contributed by atoms with Gasteiger partial charge in [-0.25, -0.2) is 9.78 Å². The number of nitrogens with zero attached hydrogens (tertiary/aromatic N) is 2. The average molecular weight is 543 g/mol. The smallest absolute Gasteiger partial charge is 0.407 e. The van der Waals surface area contributed by atoms with Gasteiger partial charge in [-0.2, -0.15) is 0 Å². The van der Waals surface area contributed by atoms with Gasteiger partial charge in [-0.05, 0) is 94.4 Å². The van der Waals surface area contributed by atoms with Crippen molar-refractivity contribution in [2.24, 2.45) is 5.92 Å². The molecule has 36 heavy (non-hydrogen) atoms. The number of alkyl carbamates (subject to hydrolysis) is 1. The van der Waals surface area contributed by atoms with Gasteiger partial charge in [0.1, 0.15) is 5.60 Å². The quantitative estimate of drug-likeness (QED) is 0.494. The van der Waals surface area contributed by atoms with E-state index in [-0.39, 0.29) is 19.7 Å². The number of anilines is 2. The van der Waals surface area contributed by atoms with Crippen LogP contribution in [0.5, 0.6) is 0 Å². The van der Waals surface area contributed by atoms with Crippen molar-refractivity contribution in [1.29, 1.82) is 0 Å². The van der Waals surface area contributed by atoms with Crippen molar-refractivity contribution in [3.05, 3.63) is 35.8 Å². The van der Waals surface area contributed by atoms with Gasteiger partial charge in [0, 0.05) is 44.5 Å². The lowest BCUT2D eigenvalue weighted by Gasteiger charge is -2.24. The summed E-state index contributed by atoms with van der Waals surface area (Å²) in [6.45, 7) is 9.18. The van der Waals surface area contributed by atoms with E-state index < -0.39 is 16.7 Å². The maximum Gasteiger partial charge on any atom is 0.407 e. The second-order valence-corrected chi connectivity index (χ2v) is 11.2. The summed E-state index contributed by atoms with van der Waals surface area (Å²) in [4.78, 5) is 28.4. The number of aromatic nitrogens is 1. The first-order valence-corrected chi connectivity index (χ1v) is 13.8. The fraction of sp³-hybridized carbons (Fsp3) is 0.542. The van der Waals surface area contributed by atoms with Crippen LogP contribution in [0, 0.1) is 5.92 Å². The Labute approximate surface area is 222 Å². The van der Waals surface area contributed by atoms with E-state index in [4.69, 9.17) is 10.5 Å². The third kappa shape index (κ3) is 11.5. The van der Waals surface area contributed by atoms with Gasteiger partial charge in [0.15, 0.2) is 5.13 Å². The average Bonchev–Trinajstić information content (AvgIpc) is 3.49. The van der Waals surface area contributed by atoms with Crippen molar-refractivity contribution in [2.45, 2.75) is 57.0 Å². The lowest BCUT2D eigenvalue weighted by atomic mass is 9.98. The van der Waals surface area contributed by atoms with E-state index in [1.165, 1.54) is 23.5 Å². The first-order chi connectivity index (χ1) is 17.0. The molecule has 2 aromatic rings. The van der Waals surface area contributed by atoms with E-state index in [0.29, 0.717) is 17.5 Å². The standard InChI is InChI=1S/C11H22N2O2.C10H11NO3S.C3H4N2S.2H2/c1-11(2,3)15-10(14)13-8-9-4-6-12-7-5-9;12-10-2-1-7-11(10)8-3-5-9(6-4-8)15(13)14;4-3-5-1-2-6-3;;/h9,12H,4-8H2,1-3H3,(H,13,14);3-6H,1-2,7H2,(H,13,14);1-2H,(H2,4,5);2*1H/p-1. The Hall–Kier alpha value is -2.54. The third-order valence-corrected chi connectivity index (χ3v) is 6.52. The molecule has 3 heterocycles. The van der Waals surface area contributed by atoms with E-state index in [1.807, 2.05) is 26.2 Å². The Morgan fingerprint density at radius 3 is 2.44 bits per heavy atom. The maximum absolute atomic E-state index is 11.4. The minimum atomic E-state index is -2.20. The summed E-state index contributed by atoms with van der Waals surface area (Å²) in [6.07, 6.45) is 5.09. The van der Waals surface area contributed by atoms with Crippen molar-refractivity contribution >= 4 is 45.2 Å². The van der Waals surface area contributed by atoms with Crippen LogP contribution >= 0.6 is 11.3 Å². The number of rotatable bonds is 4. The highest BCUT2D eigenvalue weighted by molar-refractivity contribution is 7.79. The predicted octanol–water partition coefficient (Wildman–Crippen LogP) is 3.78. The van der Waals surface area contributed by atoms with Gasteiger partial charge < -0.3 is 30.6 Å². The lowest BCUT2D eigenvalue weighted by molar-refractivity contribution is -0.117. The molecule has 0 radical (unpaired) electrons. The molecule has 2 aliphatic rings. The Morgan fingerprint density at radius 1 is 1.33 bits per heavy atom. The topological polar surface area (TPSA) is 150 Å². The molecule has 1 atom stereocenters. The van der Waals surface area contributed by atoms with Crippen LogP contribution in [0.2, 0.25) is 0 Å². The summed E-state index contributed by atoms with van der Waals surface area (Å²) in [7, 11) is 0. The van der Waals surface area contributed by atoms with Crippen molar-refractivity contribution < 1.29 is 25.9 Å². The molecule has 1 unspecified atom stereocenters. The molecule has 2 fully saturated rings. The molecule has 1 aromatic heterocycles. The predicted molar refractivity (Wildman–Crippen MR) is 146 cm³/mol. The minimum Gasteiger partial charge on any atom is -0.768 e. The van der Waals surface area contributed by atoms with Crippen LogP contribution in [0.1, 0.15) is 49.3 Å². The first-order valence-electron chi connectivity index (χ1n) is 11.9. The van der Waals surface area contributed by atoms with Crippen molar-refractivity contribution in [2.75, 3.05) is 36.8 Å². The molecule has 0 saturated carbocycles. The fourth-order valence-electron chi connectivity index (χ4n) is 3.52. The molecule has 10 nitrogen and oxygen atoms in total. The molecule has 12 heteroatoms. The van der Waals surface area contributed by atoms with Crippen LogP contribution in [0.15, 0.2) is 40.7 Å². The number of piperidine rings is 1. The lowest BCUT2D eigenvalue weighted by Crippen LogP contribution is -2.38. The molecule has 0 spiro atoms. The molecule has 2 amide bonds. The Kier molecular flexibility index (Phi) is 12.3. The molecular formula is C24H40N5O5S2-. The van der Waals surface area contributed by atoms with Crippen LogP contribution in [0.25, 0.3) is 0 Å². The van der Waals surface area contributed by atoms with Crippen LogP contribution in [-0.2, 0) is 20.6 Å². The molecule has 0 aliphatic carbocycles. The fourth-order valence-corrected chi connectivity index (χ4v) is 4.26. The summed E-state index contributed by atoms with van der Waals surface area (Å²) in [6, 6.07) is 6.33. The Bertz CT molecular complexity index is 970. The highest BCUT2D eigenvalue weighted by Crippen LogP contribution is 2.22. The van der Waals surface area contributed by atoms with Gasteiger partial charge in [0.25, 0.3) is 0 Å². The molecule has 1 aromatic carbocycles. The highest BCUT2D eigenvalue weighted by Gasteiger charge is 2.21. The molecule has 2 aliphatic heterocycles. The summed E-state index contributed by atoms with van der Waals surface area (Å²) >= 11 is -0.756. The van der Waals surface area contributed by atoms with Crippen molar-refractivity contribution in [1.82, 2.24) is 15.6 Å². The molecule has 4 rings (SSSR count). The van der Waals surface area contributed by atoms with Crippen molar-refractivity contribution in [3.63, 3.8) is 0 Å². The van der Waals surface area contributed by atoms with Gasteiger partial charge in [-0.15, -0.1) is 11.3 Å². The largest absolute Gasteiger partial charge is 0.768 e. The number of amides is 2. The number of thiazole rings is 1. The van der Waals surface area contributed by atoms with Crippen LogP contribution in [0.3, 0.4) is 0 Å². The van der Waals surface area contributed by atoms with Crippen molar-refractivity contribution in [3.8, 4) is 0 Å². The number of nitrogens with two attached hydrogens (primary N) is 1. The second kappa shape index (κ2) is 14.9. The normalized spacial score (nSPS) is 16.8. The number of ether oxygens (including phenoxy) is 1. The molecular weight excluding hydrogens is 502 g/mol. The van der Waals surface area contributed by atoms with Crippen LogP contribution < -0.4 is 21.3 Å². The molecule has 204 valence electrons. The van der Waals surface area contributed by atoms with Gasteiger partial charge in [0.2, 0.25) is 5.91 Å². The monoisotopic (exact) mass is 542 g/mol. The van der Waals surface area contributed by atoms with Crippen LogP contribution in [-0.4, -0.2) is 57.5 Å².